The fourth-order valence-corrected chi connectivity index (χ4v) is 0.759. The van der Waals surface area contributed by atoms with Gasteiger partial charge in [-0.3, -0.25) is 6.57 Å². The van der Waals surface area contributed by atoms with Crippen LogP contribution in [0.3, 0.4) is 0 Å². The first-order valence-electron chi connectivity index (χ1n) is 3.69. The van der Waals surface area contributed by atoms with Crippen LogP contribution in [0.4, 0.5) is 5.69 Å². The van der Waals surface area contributed by atoms with Crippen molar-refractivity contribution in [2.45, 2.75) is 0 Å². The summed E-state index contributed by atoms with van der Waals surface area (Å²) in [6.45, 7) is 6.49. The van der Waals surface area contributed by atoms with Crippen LogP contribution in [0.25, 0.3) is 4.85 Å². The van der Waals surface area contributed by atoms with E-state index < -0.39 is 0 Å². The fraction of sp³-hybridized carbons (Fsp3) is 0. The van der Waals surface area contributed by atoms with Gasteiger partial charge in [0.1, 0.15) is 0 Å². The van der Waals surface area contributed by atoms with Crippen LogP contribution in [0.5, 0.6) is 0 Å². The topological polar surface area (TPSA) is 4.36 Å². The molecule has 0 unspecified atom stereocenters. The van der Waals surface area contributed by atoms with E-state index in [1.807, 2.05) is 42.5 Å². The third kappa shape index (κ3) is 5.03. The van der Waals surface area contributed by atoms with E-state index in [1.165, 1.54) is 0 Å². The molecule has 0 aliphatic rings. The Balaban J connectivity index is 0.000000215. The molecule has 13 heavy (non-hydrogen) atoms. The maximum absolute atomic E-state index is 6.49. The SMILES string of the molecule is [C-]#[N+][c-]1cccc1.[Fe+2].c1cc[cH-]c1. The summed E-state index contributed by atoms with van der Waals surface area (Å²) in [5.41, 5.74) is 0.722. The van der Waals surface area contributed by atoms with Crippen molar-refractivity contribution >= 4 is 5.69 Å². The van der Waals surface area contributed by atoms with Crippen LogP contribution in [-0.2, 0) is 17.1 Å². The maximum Gasteiger partial charge on any atom is 2.00 e. The van der Waals surface area contributed by atoms with Gasteiger partial charge < -0.3 is 4.85 Å². The second kappa shape index (κ2) is 7.36. The number of rotatable bonds is 0. The Kier molecular flexibility index (Phi) is 6.63. The summed E-state index contributed by atoms with van der Waals surface area (Å²) in [6.07, 6.45) is 0. The second-order valence-corrected chi connectivity index (χ2v) is 2.22. The molecular formula is C11H9FeN. The van der Waals surface area contributed by atoms with Crippen LogP contribution in [0.2, 0.25) is 0 Å². The molecule has 0 heterocycles. The molecule has 0 N–H and O–H groups in total. The molecule has 0 amide bonds. The predicted molar refractivity (Wildman–Crippen MR) is 50.3 cm³/mol. The molecule has 0 atom stereocenters. The van der Waals surface area contributed by atoms with Crippen molar-refractivity contribution in [3.05, 3.63) is 66.0 Å². The Morgan fingerprint density at radius 1 is 1.00 bits per heavy atom. The van der Waals surface area contributed by atoms with Crippen LogP contribution in [-0.4, -0.2) is 0 Å². The van der Waals surface area contributed by atoms with Crippen molar-refractivity contribution in [3.63, 3.8) is 0 Å². The summed E-state index contributed by atoms with van der Waals surface area (Å²) in [4.78, 5) is 3.18. The Morgan fingerprint density at radius 3 is 1.77 bits per heavy atom. The zero-order valence-electron chi connectivity index (χ0n) is 7.00. The standard InChI is InChI=1S/C6H4N.C5H5.Fe/c1-7-6-4-2-3-5-6;1-2-4-5-3-1;/h2-5H;1-5H;/q2*-1;+2. The summed E-state index contributed by atoms with van der Waals surface area (Å²) in [5, 5.41) is 0. The molecule has 0 fully saturated rings. The van der Waals surface area contributed by atoms with Gasteiger partial charge in [0.25, 0.3) is 0 Å². The molecule has 0 saturated heterocycles. The Hall–Kier alpha value is -1.29. The minimum atomic E-state index is 0. The first-order valence-corrected chi connectivity index (χ1v) is 3.69. The van der Waals surface area contributed by atoms with Crippen molar-refractivity contribution in [3.8, 4) is 0 Å². The van der Waals surface area contributed by atoms with Crippen molar-refractivity contribution < 1.29 is 17.1 Å². The third-order valence-electron chi connectivity index (χ3n) is 1.33. The zero-order valence-corrected chi connectivity index (χ0v) is 8.10. The minimum absolute atomic E-state index is 0. The van der Waals surface area contributed by atoms with Gasteiger partial charge >= 0.3 is 17.1 Å². The average molecular weight is 211 g/mol. The molecule has 2 aromatic carbocycles. The first-order chi connectivity index (χ1) is 5.93. The van der Waals surface area contributed by atoms with E-state index in [4.69, 9.17) is 6.57 Å². The molecule has 1 nitrogen and oxygen atoms in total. The van der Waals surface area contributed by atoms with Crippen LogP contribution >= 0.6 is 0 Å². The summed E-state index contributed by atoms with van der Waals surface area (Å²) in [6, 6.07) is 17.3. The molecule has 0 aliphatic carbocycles. The van der Waals surface area contributed by atoms with E-state index in [0.29, 0.717) is 0 Å². The van der Waals surface area contributed by atoms with Crippen LogP contribution in [0.1, 0.15) is 0 Å². The predicted octanol–water partition coefficient (Wildman–Crippen LogP) is 3.36. The van der Waals surface area contributed by atoms with Gasteiger partial charge in [0.2, 0.25) is 0 Å². The smallest absolute Gasteiger partial charge is 0.450 e. The van der Waals surface area contributed by atoms with Gasteiger partial charge in [-0.15, -0.1) is 12.1 Å². The maximum atomic E-state index is 6.49. The van der Waals surface area contributed by atoms with E-state index in [9.17, 15) is 0 Å². The summed E-state index contributed by atoms with van der Waals surface area (Å²) < 4.78 is 0. The van der Waals surface area contributed by atoms with Gasteiger partial charge in [-0.2, -0.15) is 18.2 Å². The summed E-state index contributed by atoms with van der Waals surface area (Å²) in [5.74, 6) is 0. The zero-order chi connectivity index (χ0) is 8.65. The Bertz CT molecular complexity index is 296. The summed E-state index contributed by atoms with van der Waals surface area (Å²) >= 11 is 0. The van der Waals surface area contributed by atoms with Crippen molar-refractivity contribution in [2.24, 2.45) is 0 Å². The van der Waals surface area contributed by atoms with Gasteiger partial charge in [0, 0.05) is 5.69 Å². The quantitative estimate of drug-likeness (QED) is 0.464. The van der Waals surface area contributed by atoms with E-state index in [-0.39, 0.29) is 17.1 Å². The number of nitrogens with zero attached hydrogens (tertiary/aromatic N) is 1. The van der Waals surface area contributed by atoms with E-state index in [1.54, 1.807) is 12.1 Å². The Morgan fingerprint density at radius 2 is 1.54 bits per heavy atom. The summed E-state index contributed by atoms with van der Waals surface area (Å²) in [7, 11) is 0. The number of hydrogen-bond acceptors (Lipinski definition) is 0. The molecule has 2 aromatic rings. The average Bonchev–Trinajstić information content (AvgIpc) is 2.81. The molecule has 0 saturated carbocycles. The third-order valence-corrected chi connectivity index (χ3v) is 1.33. The monoisotopic (exact) mass is 211 g/mol. The van der Waals surface area contributed by atoms with Gasteiger partial charge in [0.15, 0.2) is 0 Å². The molecular weight excluding hydrogens is 202 g/mol. The molecule has 2 rings (SSSR count). The van der Waals surface area contributed by atoms with Gasteiger partial charge in [0.05, 0.1) is 0 Å². The van der Waals surface area contributed by atoms with Gasteiger partial charge in [-0.25, -0.2) is 12.1 Å². The van der Waals surface area contributed by atoms with E-state index in [2.05, 4.69) is 4.85 Å². The minimum Gasteiger partial charge on any atom is -0.450 e. The van der Waals surface area contributed by atoms with Gasteiger partial charge in [-0.1, -0.05) is 12.1 Å². The molecule has 0 bridgehead atoms. The molecule has 0 aliphatic heterocycles. The van der Waals surface area contributed by atoms with Crippen molar-refractivity contribution in [2.75, 3.05) is 0 Å². The molecule has 0 aromatic heterocycles. The van der Waals surface area contributed by atoms with Crippen LogP contribution < -0.4 is 0 Å². The normalized spacial score (nSPS) is 7.31. The second-order valence-electron chi connectivity index (χ2n) is 2.22. The van der Waals surface area contributed by atoms with E-state index in [0.717, 1.165) is 5.69 Å². The fourth-order valence-electron chi connectivity index (χ4n) is 0.759. The van der Waals surface area contributed by atoms with Crippen molar-refractivity contribution in [1.82, 2.24) is 0 Å². The molecule has 0 spiro atoms. The van der Waals surface area contributed by atoms with E-state index >= 15 is 0 Å². The first kappa shape index (κ1) is 11.7. The molecule has 2 heteroatoms. The Labute approximate surface area is 89.0 Å². The molecule has 0 radical (unpaired) electrons. The van der Waals surface area contributed by atoms with Crippen molar-refractivity contribution in [1.29, 1.82) is 0 Å². The van der Waals surface area contributed by atoms with Crippen LogP contribution in [0, 0.1) is 6.57 Å². The largest absolute Gasteiger partial charge is 2.00 e. The molecule has 66 valence electrons. The van der Waals surface area contributed by atoms with Gasteiger partial charge in [-0.05, 0) is 0 Å². The number of hydrogen-bond donors (Lipinski definition) is 0. The van der Waals surface area contributed by atoms with Crippen LogP contribution in [0.15, 0.2) is 54.6 Å².